The van der Waals surface area contributed by atoms with Crippen LogP contribution in [0.4, 0.5) is 0 Å². The molecule has 106 valence electrons. The first-order chi connectivity index (χ1) is 9.72. The quantitative estimate of drug-likeness (QED) is 0.751. The topological polar surface area (TPSA) is 90.2 Å². The second-order valence-electron chi connectivity index (χ2n) is 4.05. The standard InChI is InChI=1S/C14H17N3O3/c1-2-19-7-8-20-10-3-4-11(12(9-10)13(15)18)14-16-5-6-17-14/h3-6,9H,2,7-8H2,1H3,(H2,15,18)(H,16,17). The van der Waals surface area contributed by atoms with E-state index in [0.717, 1.165) is 0 Å². The second kappa shape index (κ2) is 6.72. The third kappa shape index (κ3) is 3.36. The van der Waals surface area contributed by atoms with Gasteiger partial charge in [0.1, 0.15) is 18.2 Å². The number of nitrogens with zero attached hydrogens (tertiary/aromatic N) is 1. The van der Waals surface area contributed by atoms with Gasteiger partial charge in [0.25, 0.3) is 0 Å². The lowest BCUT2D eigenvalue weighted by atomic mass is 10.1. The lowest BCUT2D eigenvalue weighted by molar-refractivity contribution is 0.0999. The number of nitrogens with one attached hydrogen (secondary N) is 1. The van der Waals surface area contributed by atoms with Gasteiger partial charge < -0.3 is 20.2 Å². The number of primary amides is 1. The third-order valence-corrected chi connectivity index (χ3v) is 2.71. The molecule has 6 nitrogen and oxygen atoms in total. The van der Waals surface area contributed by atoms with Gasteiger partial charge in [-0.3, -0.25) is 4.79 Å². The van der Waals surface area contributed by atoms with Gasteiger partial charge >= 0.3 is 0 Å². The summed E-state index contributed by atoms with van der Waals surface area (Å²) < 4.78 is 10.7. The monoisotopic (exact) mass is 275 g/mol. The molecule has 0 aliphatic heterocycles. The third-order valence-electron chi connectivity index (χ3n) is 2.71. The van der Waals surface area contributed by atoms with Crippen LogP contribution in [0, 0.1) is 0 Å². The van der Waals surface area contributed by atoms with Crippen molar-refractivity contribution >= 4 is 5.91 Å². The summed E-state index contributed by atoms with van der Waals surface area (Å²) in [5.74, 6) is 0.653. The molecule has 2 rings (SSSR count). The number of aromatic nitrogens is 2. The first-order valence-corrected chi connectivity index (χ1v) is 6.36. The van der Waals surface area contributed by atoms with Crippen LogP contribution >= 0.6 is 0 Å². The summed E-state index contributed by atoms with van der Waals surface area (Å²) in [6.07, 6.45) is 3.30. The predicted octanol–water partition coefficient (Wildman–Crippen LogP) is 1.59. The number of nitrogens with two attached hydrogens (primary N) is 1. The van der Waals surface area contributed by atoms with Crippen molar-refractivity contribution in [3.05, 3.63) is 36.2 Å². The van der Waals surface area contributed by atoms with E-state index in [1.54, 1.807) is 30.6 Å². The number of H-pyrrole nitrogens is 1. The van der Waals surface area contributed by atoms with E-state index in [2.05, 4.69) is 9.97 Å². The van der Waals surface area contributed by atoms with E-state index in [-0.39, 0.29) is 0 Å². The van der Waals surface area contributed by atoms with Gasteiger partial charge in [0.05, 0.1) is 12.2 Å². The van der Waals surface area contributed by atoms with Gasteiger partial charge in [-0.2, -0.15) is 0 Å². The van der Waals surface area contributed by atoms with Crippen molar-refractivity contribution in [2.75, 3.05) is 19.8 Å². The lowest BCUT2D eigenvalue weighted by Gasteiger charge is -2.09. The largest absolute Gasteiger partial charge is 0.491 e. The maximum Gasteiger partial charge on any atom is 0.249 e. The van der Waals surface area contributed by atoms with Crippen LogP contribution in [0.5, 0.6) is 5.75 Å². The minimum atomic E-state index is -0.522. The molecule has 0 saturated carbocycles. The molecule has 0 atom stereocenters. The first kappa shape index (κ1) is 14.1. The first-order valence-electron chi connectivity index (χ1n) is 6.36. The number of hydrogen-bond acceptors (Lipinski definition) is 4. The zero-order valence-corrected chi connectivity index (χ0v) is 11.3. The molecule has 1 amide bonds. The summed E-state index contributed by atoms with van der Waals surface area (Å²) in [5, 5.41) is 0. The Hall–Kier alpha value is -2.34. The van der Waals surface area contributed by atoms with E-state index in [1.807, 2.05) is 6.92 Å². The highest BCUT2D eigenvalue weighted by Gasteiger charge is 2.13. The summed E-state index contributed by atoms with van der Waals surface area (Å²) >= 11 is 0. The van der Waals surface area contributed by atoms with Gasteiger partial charge in [-0.25, -0.2) is 4.98 Å². The minimum absolute atomic E-state index is 0.369. The van der Waals surface area contributed by atoms with Crippen molar-refractivity contribution in [1.29, 1.82) is 0 Å². The van der Waals surface area contributed by atoms with Crippen LogP contribution in [0.25, 0.3) is 11.4 Å². The fraction of sp³-hybridized carbons (Fsp3) is 0.286. The zero-order chi connectivity index (χ0) is 14.4. The van der Waals surface area contributed by atoms with E-state index in [1.165, 1.54) is 0 Å². The maximum atomic E-state index is 11.5. The van der Waals surface area contributed by atoms with Crippen molar-refractivity contribution in [3.8, 4) is 17.1 Å². The fourth-order valence-electron chi connectivity index (χ4n) is 1.80. The van der Waals surface area contributed by atoms with Gasteiger partial charge in [0.15, 0.2) is 0 Å². The maximum absolute atomic E-state index is 11.5. The zero-order valence-electron chi connectivity index (χ0n) is 11.3. The highest BCUT2D eigenvalue weighted by Crippen LogP contribution is 2.24. The van der Waals surface area contributed by atoms with Crippen molar-refractivity contribution < 1.29 is 14.3 Å². The number of hydrogen-bond donors (Lipinski definition) is 2. The average molecular weight is 275 g/mol. The van der Waals surface area contributed by atoms with E-state index in [9.17, 15) is 4.79 Å². The minimum Gasteiger partial charge on any atom is -0.491 e. The molecular formula is C14H17N3O3. The molecule has 0 aliphatic rings. The molecule has 1 aromatic carbocycles. The molecule has 0 aliphatic carbocycles. The Bertz CT molecular complexity index is 567. The van der Waals surface area contributed by atoms with Crippen LogP contribution in [0.1, 0.15) is 17.3 Å². The van der Waals surface area contributed by atoms with Gasteiger partial charge in [-0.1, -0.05) is 0 Å². The number of imidazole rings is 1. The highest BCUT2D eigenvalue weighted by atomic mass is 16.5. The molecule has 20 heavy (non-hydrogen) atoms. The van der Waals surface area contributed by atoms with Crippen LogP contribution in [-0.2, 0) is 4.74 Å². The Morgan fingerprint density at radius 3 is 2.90 bits per heavy atom. The van der Waals surface area contributed by atoms with Crippen molar-refractivity contribution in [1.82, 2.24) is 9.97 Å². The van der Waals surface area contributed by atoms with E-state index < -0.39 is 5.91 Å². The number of rotatable bonds is 7. The van der Waals surface area contributed by atoms with Gasteiger partial charge in [0, 0.05) is 24.6 Å². The number of ether oxygens (including phenoxy) is 2. The van der Waals surface area contributed by atoms with Crippen molar-refractivity contribution in [2.45, 2.75) is 6.92 Å². The summed E-state index contributed by atoms with van der Waals surface area (Å²) in [6, 6.07) is 5.15. The predicted molar refractivity (Wildman–Crippen MR) is 74.5 cm³/mol. The van der Waals surface area contributed by atoms with Crippen LogP contribution in [-0.4, -0.2) is 35.7 Å². The number of amides is 1. The van der Waals surface area contributed by atoms with Crippen LogP contribution in [0.3, 0.4) is 0 Å². The van der Waals surface area contributed by atoms with Crippen LogP contribution in [0.15, 0.2) is 30.6 Å². The molecule has 2 aromatic rings. The Balaban J connectivity index is 2.18. The van der Waals surface area contributed by atoms with Crippen LogP contribution in [0.2, 0.25) is 0 Å². The Morgan fingerprint density at radius 2 is 2.25 bits per heavy atom. The number of carbonyl (C=O) groups is 1. The molecular weight excluding hydrogens is 258 g/mol. The summed E-state index contributed by atoms with van der Waals surface area (Å²) in [7, 11) is 0. The van der Waals surface area contributed by atoms with Gasteiger partial charge in [-0.15, -0.1) is 0 Å². The Morgan fingerprint density at radius 1 is 1.40 bits per heavy atom. The lowest BCUT2D eigenvalue weighted by Crippen LogP contribution is -2.13. The van der Waals surface area contributed by atoms with E-state index in [0.29, 0.717) is 42.5 Å². The molecule has 0 radical (unpaired) electrons. The fourth-order valence-corrected chi connectivity index (χ4v) is 1.80. The number of carbonyl (C=O) groups excluding carboxylic acids is 1. The van der Waals surface area contributed by atoms with Crippen molar-refractivity contribution in [2.24, 2.45) is 5.73 Å². The highest BCUT2D eigenvalue weighted by molar-refractivity contribution is 5.99. The van der Waals surface area contributed by atoms with Gasteiger partial charge in [-0.05, 0) is 25.1 Å². The molecule has 0 fully saturated rings. The Labute approximate surface area is 116 Å². The summed E-state index contributed by atoms with van der Waals surface area (Å²) in [4.78, 5) is 18.6. The SMILES string of the molecule is CCOCCOc1ccc(-c2ncc[nH]2)c(C(N)=O)c1. The van der Waals surface area contributed by atoms with E-state index >= 15 is 0 Å². The number of aromatic amines is 1. The normalized spacial score (nSPS) is 10.4. The molecule has 1 heterocycles. The molecule has 0 bridgehead atoms. The molecule has 3 N–H and O–H groups in total. The number of benzene rings is 1. The molecule has 1 aromatic heterocycles. The average Bonchev–Trinajstić information content (AvgIpc) is 2.97. The Kier molecular flexibility index (Phi) is 4.73. The van der Waals surface area contributed by atoms with Gasteiger partial charge in [0.2, 0.25) is 5.91 Å². The van der Waals surface area contributed by atoms with E-state index in [4.69, 9.17) is 15.2 Å². The second-order valence-corrected chi connectivity index (χ2v) is 4.05. The summed E-state index contributed by atoms with van der Waals surface area (Å²) in [5.41, 5.74) is 6.43. The summed E-state index contributed by atoms with van der Waals surface area (Å²) in [6.45, 7) is 3.49. The van der Waals surface area contributed by atoms with Crippen molar-refractivity contribution in [3.63, 3.8) is 0 Å². The molecule has 0 spiro atoms. The van der Waals surface area contributed by atoms with Crippen LogP contribution < -0.4 is 10.5 Å². The molecule has 0 saturated heterocycles. The smallest absolute Gasteiger partial charge is 0.249 e. The molecule has 6 heteroatoms. The molecule has 0 unspecified atom stereocenters.